The number of hydrogen-bond donors (Lipinski definition) is 3. The van der Waals surface area contributed by atoms with Crippen LogP contribution in [0.2, 0.25) is 0 Å². The highest BCUT2D eigenvalue weighted by molar-refractivity contribution is 5.78. The highest BCUT2D eigenvalue weighted by atomic mass is 16.5. The molecule has 18 heavy (non-hydrogen) atoms. The van der Waals surface area contributed by atoms with Crippen LogP contribution in [-0.2, 0) is 9.53 Å². The number of methoxy groups -OCH3 is 1. The van der Waals surface area contributed by atoms with Crippen molar-refractivity contribution in [2.75, 3.05) is 26.8 Å². The van der Waals surface area contributed by atoms with Gasteiger partial charge in [-0.1, -0.05) is 19.3 Å². The van der Waals surface area contributed by atoms with Crippen LogP contribution in [0, 0.1) is 0 Å². The average Bonchev–Trinajstić information content (AvgIpc) is 2.36. The van der Waals surface area contributed by atoms with Gasteiger partial charge in [-0.2, -0.15) is 0 Å². The molecule has 1 saturated carbocycles. The van der Waals surface area contributed by atoms with Crippen LogP contribution in [0.4, 0.5) is 0 Å². The molecule has 0 aliphatic heterocycles. The van der Waals surface area contributed by atoms with E-state index in [1.54, 1.807) is 7.11 Å². The predicted molar refractivity (Wildman–Crippen MR) is 70.4 cm³/mol. The molecule has 1 rings (SSSR count). The van der Waals surface area contributed by atoms with Crippen LogP contribution in [0.5, 0.6) is 0 Å². The summed E-state index contributed by atoms with van der Waals surface area (Å²) in [7, 11) is 1.56. The molecule has 5 nitrogen and oxygen atoms in total. The molecule has 106 valence electrons. The summed E-state index contributed by atoms with van der Waals surface area (Å²) >= 11 is 0. The zero-order valence-corrected chi connectivity index (χ0v) is 11.3. The van der Waals surface area contributed by atoms with Gasteiger partial charge in [0.15, 0.2) is 0 Å². The van der Waals surface area contributed by atoms with Gasteiger partial charge in [0.25, 0.3) is 0 Å². The van der Waals surface area contributed by atoms with Crippen LogP contribution in [0.15, 0.2) is 0 Å². The normalized spacial score (nSPS) is 18.6. The summed E-state index contributed by atoms with van der Waals surface area (Å²) in [5.41, 5.74) is 0. The van der Waals surface area contributed by atoms with Gasteiger partial charge >= 0.3 is 0 Å². The predicted octanol–water partition coefficient (Wildman–Crippen LogP) is 0.422. The first kappa shape index (κ1) is 15.4. The van der Waals surface area contributed by atoms with Crippen molar-refractivity contribution in [1.82, 2.24) is 10.6 Å². The highest BCUT2D eigenvalue weighted by Gasteiger charge is 2.15. The van der Waals surface area contributed by atoms with Crippen molar-refractivity contribution in [3.05, 3.63) is 0 Å². The molecule has 0 radical (unpaired) electrons. The van der Waals surface area contributed by atoms with Gasteiger partial charge in [0.2, 0.25) is 5.91 Å². The molecule has 3 N–H and O–H groups in total. The van der Waals surface area contributed by atoms with E-state index in [0.29, 0.717) is 32.2 Å². The maximum atomic E-state index is 11.6. The van der Waals surface area contributed by atoms with Crippen LogP contribution in [0.1, 0.15) is 38.5 Å². The van der Waals surface area contributed by atoms with Crippen LogP contribution in [-0.4, -0.2) is 50.0 Å². The fourth-order valence-corrected chi connectivity index (χ4v) is 2.27. The lowest BCUT2D eigenvalue weighted by atomic mass is 9.95. The monoisotopic (exact) mass is 258 g/mol. The van der Waals surface area contributed by atoms with Crippen molar-refractivity contribution in [2.45, 2.75) is 50.7 Å². The summed E-state index contributed by atoms with van der Waals surface area (Å²) in [6.45, 7) is 1.30. The topological polar surface area (TPSA) is 70.6 Å². The molecule has 1 atom stereocenters. The van der Waals surface area contributed by atoms with E-state index >= 15 is 0 Å². The Kier molecular flexibility index (Phi) is 7.96. The number of carbonyl (C=O) groups is 1. The first-order chi connectivity index (χ1) is 8.72. The molecule has 1 fully saturated rings. The Morgan fingerprint density at radius 1 is 1.39 bits per heavy atom. The summed E-state index contributed by atoms with van der Waals surface area (Å²) in [4.78, 5) is 11.6. The quantitative estimate of drug-likeness (QED) is 0.552. The van der Waals surface area contributed by atoms with Crippen molar-refractivity contribution in [2.24, 2.45) is 0 Å². The number of nitrogens with one attached hydrogen (secondary N) is 2. The summed E-state index contributed by atoms with van der Waals surface area (Å²) in [6, 6.07) is 0.368. The first-order valence-electron chi connectivity index (χ1n) is 6.89. The molecule has 1 amide bonds. The maximum absolute atomic E-state index is 11.6. The molecule has 5 heteroatoms. The van der Waals surface area contributed by atoms with Gasteiger partial charge in [-0.05, 0) is 25.8 Å². The molecule has 0 spiro atoms. The fraction of sp³-hybridized carbons (Fsp3) is 0.923. The number of aliphatic hydroxyl groups is 1. The number of aliphatic hydroxyl groups excluding tert-OH is 1. The summed E-state index contributed by atoms with van der Waals surface area (Å²) in [5, 5.41) is 15.5. The fourth-order valence-electron chi connectivity index (χ4n) is 2.27. The number of ether oxygens (including phenoxy) is 1. The van der Waals surface area contributed by atoms with Crippen molar-refractivity contribution in [3.8, 4) is 0 Å². The second-order valence-corrected chi connectivity index (χ2v) is 4.98. The third-order valence-electron chi connectivity index (χ3n) is 3.27. The second-order valence-electron chi connectivity index (χ2n) is 4.98. The van der Waals surface area contributed by atoms with E-state index in [-0.39, 0.29) is 5.91 Å². The Balaban J connectivity index is 1.99. The first-order valence-corrected chi connectivity index (χ1v) is 6.89. The molecular formula is C13H26N2O3. The van der Waals surface area contributed by atoms with Crippen LogP contribution >= 0.6 is 0 Å². The van der Waals surface area contributed by atoms with Gasteiger partial charge in [-0.25, -0.2) is 0 Å². The van der Waals surface area contributed by atoms with Crippen LogP contribution < -0.4 is 10.6 Å². The third kappa shape index (κ3) is 6.93. The van der Waals surface area contributed by atoms with Gasteiger partial charge in [-0.15, -0.1) is 0 Å². The van der Waals surface area contributed by atoms with E-state index in [1.165, 1.54) is 19.3 Å². The van der Waals surface area contributed by atoms with Gasteiger partial charge in [-0.3, -0.25) is 4.79 Å². The number of amides is 1. The zero-order valence-electron chi connectivity index (χ0n) is 11.3. The molecule has 0 heterocycles. The summed E-state index contributed by atoms with van der Waals surface area (Å²) in [5.74, 6) is 0.0585. The molecule has 0 bridgehead atoms. The van der Waals surface area contributed by atoms with Crippen molar-refractivity contribution >= 4 is 5.91 Å². The highest BCUT2D eigenvalue weighted by Crippen LogP contribution is 2.16. The Labute approximate surface area is 109 Å². The Bertz CT molecular complexity index is 230. The molecule has 0 saturated heterocycles. The van der Waals surface area contributed by atoms with E-state index in [9.17, 15) is 9.90 Å². The molecular weight excluding hydrogens is 232 g/mol. The smallest absolute Gasteiger partial charge is 0.234 e. The minimum Gasteiger partial charge on any atom is -0.391 e. The van der Waals surface area contributed by atoms with Crippen LogP contribution in [0.3, 0.4) is 0 Å². The van der Waals surface area contributed by atoms with Crippen molar-refractivity contribution in [1.29, 1.82) is 0 Å². The summed E-state index contributed by atoms with van der Waals surface area (Å²) < 4.78 is 4.83. The minimum absolute atomic E-state index is 0.0585. The Morgan fingerprint density at radius 3 is 2.78 bits per heavy atom. The lowest BCUT2D eigenvalue weighted by Gasteiger charge is -2.22. The Hall–Kier alpha value is -0.650. The standard InChI is InChI=1S/C13H26N2O3/c1-18-10-12(16)7-8-14-9-13(17)15-11-5-3-2-4-6-11/h11-12,14,16H,2-10H2,1H3,(H,15,17). The van der Waals surface area contributed by atoms with Crippen molar-refractivity contribution in [3.63, 3.8) is 0 Å². The van der Waals surface area contributed by atoms with E-state index in [2.05, 4.69) is 10.6 Å². The number of hydrogen-bond acceptors (Lipinski definition) is 4. The van der Waals surface area contributed by atoms with Crippen molar-refractivity contribution < 1.29 is 14.6 Å². The SMILES string of the molecule is COCC(O)CCNCC(=O)NC1CCCCC1. The zero-order chi connectivity index (χ0) is 13.2. The summed E-state index contributed by atoms with van der Waals surface area (Å²) in [6.07, 6.45) is 6.11. The Morgan fingerprint density at radius 2 is 2.11 bits per heavy atom. The lowest BCUT2D eigenvalue weighted by molar-refractivity contribution is -0.121. The second kappa shape index (κ2) is 9.30. The van der Waals surface area contributed by atoms with Gasteiger partial charge in [0, 0.05) is 13.2 Å². The van der Waals surface area contributed by atoms with Gasteiger partial charge < -0.3 is 20.5 Å². The van der Waals surface area contributed by atoms with E-state index in [4.69, 9.17) is 4.74 Å². The van der Waals surface area contributed by atoms with Gasteiger partial charge in [0.1, 0.15) is 0 Å². The average molecular weight is 258 g/mol. The van der Waals surface area contributed by atoms with E-state index < -0.39 is 6.10 Å². The lowest BCUT2D eigenvalue weighted by Crippen LogP contribution is -2.41. The number of rotatable bonds is 8. The molecule has 1 aliphatic carbocycles. The third-order valence-corrected chi connectivity index (χ3v) is 3.27. The van der Waals surface area contributed by atoms with Crippen LogP contribution in [0.25, 0.3) is 0 Å². The molecule has 0 aromatic heterocycles. The largest absolute Gasteiger partial charge is 0.391 e. The molecule has 0 aromatic carbocycles. The molecule has 0 aromatic rings. The molecule has 1 unspecified atom stereocenters. The van der Waals surface area contributed by atoms with E-state index in [0.717, 1.165) is 12.8 Å². The minimum atomic E-state index is -0.455. The van der Waals surface area contributed by atoms with E-state index in [1.807, 2.05) is 0 Å². The maximum Gasteiger partial charge on any atom is 0.234 e. The molecule has 1 aliphatic rings. The number of carbonyl (C=O) groups excluding carboxylic acids is 1. The van der Waals surface area contributed by atoms with Gasteiger partial charge in [0.05, 0.1) is 19.3 Å².